The molecule has 2 aromatic heterocycles. The zero-order valence-electron chi connectivity index (χ0n) is 18.6. The Bertz CT molecular complexity index is 1200. The maximum absolute atomic E-state index is 12.9. The third kappa shape index (κ3) is 4.89. The summed E-state index contributed by atoms with van der Waals surface area (Å²) >= 11 is 6.23. The maximum Gasteiger partial charge on any atom is 0.274 e. The Kier molecular flexibility index (Phi) is 6.44. The Morgan fingerprint density at radius 2 is 1.91 bits per heavy atom. The third-order valence-corrected chi connectivity index (χ3v) is 5.76. The van der Waals surface area contributed by atoms with Crippen LogP contribution in [0.4, 0.5) is 23.5 Å². The number of carbonyl (C=O) groups is 1. The van der Waals surface area contributed by atoms with Crippen LogP contribution in [0.1, 0.15) is 21.9 Å². The van der Waals surface area contributed by atoms with Gasteiger partial charge in [-0.1, -0.05) is 23.7 Å². The van der Waals surface area contributed by atoms with Crippen molar-refractivity contribution in [3.63, 3.8) is 0 Å². The molecule has 3 heterocycles. The van der Waals surface area contributed by atoms with Crippen LogP contribution in [0, 0.1) is 19.3 Å². The topological polar surface area (TPSA) is 104 Å². The molecule has 1 aliphatic heterocycles. The van der Waals surface area contributed by atoms with Gasteiger partial charge in [0, 0.05) is 33.2 Å². The number of nitrogens with one attached hydrogen (secondary N) is 2. The van der Waals surface area contributed by atoms with Crippen molar-refractivity contribution in [2.45, 2.75) is 6.92 Å². The molecular weight excluding hydrogens is 442 g/mol. The van der Waals surface area contributed by atoms with Gasteiger partial charge in [0.15, 0.2) is 0 Å². The molecule has 4 rings (SSSR count). The number of para-hydroxylation sites is 1. The summed E-state index contributed by atoms with van der Waals surface area (Å²) in [5.74, 6) is 3.51. The number of benzene rings is 1. The fourth-order valence-corrected chi connectivity index (χ4v) is 3.71. The van der Waals surface area contributed by atoms with Crippen molar-refractivity contribution in [2.24, 2.45) is 7.05 Å². The number of nitrogens with zero attached hydrogens (tertiary/aromatic N) is 7. The number of piperazine rings is 1. The minimum Gasteiger partial charge on any atom is -0.338 e. The van der Waals surface area contributed by atoms with Crippen LogP contribution in [0.3, 0.4) is 0 Å². The van der Waals surface area contributed by atoms with E-state index in [4.69, 9.17) is 18.0 Å². The van der Waals surface area contributed by atoms with Gasteiger partial charge in [-0.3, -0.25) is 10.1 Å². The molecule has 1 fully saturated rings. The quantitative estimate of drug-likeness (QED) is 0.553. The van der Waals surface area contributed by atoms with E-state index in [-0.39, 0.29) is 17.7 Å². The largest absolute Gasteiger partial charge is 0.338 e. The highest BCUT2D eigenvalue weighted by molar-refractivity contribution is 6.34. The summed E-state index contributed by atoms with van der Waals surface area (Å²) in [5, 5.41) is 6.36. The summed E-state index contributed by atoms with van der Waals surface area (Å²) in [4.78, 5) is 34.6. The minimum atomic E-state index is -0.340. The van der Waals surface area contributed by atoms with Crippen LogP contribution in [0.5, 0.6) is 0 Å². The van der Waals surface area contributed by atoms with Gasteiger partial charge in [-0.2, -0.15) is 15.0 Å². The predicted molar refractivity (Wildman–Crippen MR) is 128 cm³/mol. The number of aromatic nitrogens is 5. The average Bonchev–Trinajstić information content (AvgIpc) is 3.16. The van der Waals surface area contributed by atoms with E-state index in [0.29, 0.717) is 28.3 Å². The summed E-state index contributed by atoms with van der Waals surface area (Å²) in [7, 11) is 3.79. The lowest BCUT2D eigenvalue weighted by Gasteiger charge is -2.32. The Hall–Kier alpha value is -3.68. The van der Waals surface area contributed by atoms with E-state index in [0.717, 1.165) is 31.7 Å². The van der Waals surface area contributed by atoms with E-state index in [9.17, 15) is 4.79 Å². The van der Waals surface area contributed by atoms with Gasteiger partial charge in [0.1, 0.15) is 5.69 Å². The van der Waals surface area contributed by atoms with E-state index < -0.39 is 0 Å². The first-order valence-corrected chi connectivity index (χ1v) is 10.7. The molecule has 2 N–H and O–H groups in total. The van der Waals surface area contributed by atoms with Gasteiger partial charge in [0.25, 0.3) is 5.91 Å². The highest BCUT2D eigenvalue weighted by Gasteiger charge is 2.20. The summed E-state index contributed by atoms with van der Waals surface area (Å²) in [6.07, 6.45) is 7.03. The first-order chi connectivity index (χ1) is 15.9. The maximum atomic E-state index is 12.9. The van der Waals surface area contributed by atoms with Gasteiger partial charge in [0.2, 0.25) is 23.7 Å². The summed E-state index contributed by atoms with van der Waals surface area (Å²) in [5.41, 5.74) is 1.76. The molecule has 0 bridgehead atoms. The minimum absolute atomic E-state index is 0.225. The van der Waals surface area contributed by atoms with Gasteiger partial charge < -0.3 is 19.7 Å². The highest BCUT2D eigenvalue weighted by atomic mass is 35.5. The lowest BCUT2D eigenvalue weighted by molar-refractivity contribution is 0.101. The van der Waals surface area contributed by atoms with Crippen LogP contribution in [-0.4, -0.2) is 68.5 Å². The smallest absolute Gasteiger partial charge is 0.274 e. The Labute approximate surface area is 197 Å². The molecule has 0 radical (unpaired) electrons. The molecule has 0 unspecified atom stereocenters. The van der Waals surface area contributed by atoms with Crippen LogP contribution in [0.2, 0.25) is 5.02 Å². The molecule has 170 valence electrons. The first-order valence-electron chi connectivity index (χ1n) is 10.4. The Balaban J connectivity index is 1.55. The number of hydrogen-bond donors (Lipinski definition) is 2. The zero-order chi connectivity index (χ0) is 23.5. The average molecular weight is 466 g/mol. The first kappa shape index (κ1) is 22.5. The van der Waals surface area contributed by atoms with Crippen LogP contribution in [0.25, 0.3) is 0 Å². The van der Waals surface area contributed by atoms with Crippen LogP contribution < -0.4 is 15.5 Å². The van der Waals surface area contributed by atoms with E-state index in [2.05, 4.69) is 53.3 Å². The van der Waals surface area contributed by atoms with Crippen LogP contribution in [0.15, 0.2) is 24.4 Å². The molecule has 11 heteroatoms. The SMILES string of the molecule is C#Cc1nc(Nc2ncc(C(=O)Nc3c(C)cccc3Cl)n2C)nc(N2CCN(C)CC2)n1. The summed E-state index contributed by atoms with van der Waals surface area (Å²) in [6, 6.07) is 5.43. The number of aryl methyl sites for hydroxylation is 1. The molecule has 0 saturated carbocycles. The number of carbonyl (C=O) groups excluding carboxylic acids is 1. The standard InChI is InChI=1S/C22H24ClN9O/c1-5-17-25-20(29-22(26-17)32-11-9-30(3)10-12-32)28-21-24-13-16(31(21)4)19(33)27-18-14(2)7-6-8-15(18)23/h1,6-8,13H,9-12H2,2-4H3,(H,27,33)(H,24,25,26,28,29). The third-order valence-electron chi connectivity index (χ3n) is 5.44. The fourth-order valence-electron chi connectivity index (χ4n) is 3.44. The number of amides is 1. The molecule has 1 aliphatic rings. The number of terminal acetylenes is 1. The van der Waals surface area contributed by atoms with Crippen molar-refractivity contribution in [2.75, 3.05) is 48.8 Å². The second-order valence-electron chi connectivity index (χ2n) is 7.75. The van der Waals surface area contributed by atoms with E-state index in [1.54, 1.807) is 17.7 Å². The molecule has 1 aromatic carbocycles. The Morgan fingerprint density at radius 3 is 2.61 bits per heavy atom. The zero-order valence-corrected chi connectivity index (χ0v) is 19.4. The molecular formula is C22H24ClN9O. The van der Waals surface area contributed by atoms with Crippen molar-refractivity contribution in [3.8, 4) is 12.3 Å². The van der Waals surface area contributed by atoms with Crippen molar-refractivity contribution in [3.05, 3.63) is 46.5 Å². The van der Waals surface area contributed by atoms with E-state index in [1.807, 2.05) is 19.1 Å². The molecule has 0 spiro atoms. The van der Waals surface area contributed by atoms with Crippen LogP contribution in [-0.2, 0) is 7.05 Å². The van der Waals surface area contributed by atoms with Gasteiger partial charge in [0.05, 0.1) is 16.9 Å². The van der Waals surface area contributed by atoms with Crippen molar-refractivity contribution < 1.29 is 4.79 Å². The van der Waals surface area contributed by atoms with Crippen molar-refractivity contribution in [1.82, 2.24) is 29.4 Å². The fraction of sp³-hybridized carbons (Fsp3) is 0.318. The Morgan fingerprint density at radius 1 is 1.15 bits per heavy atom. The van der Waals surface area contributed by atoms with E-state index >= 15 is 0 Å². The lowest BCUT2D eigenvalue weighted by atomic mass is 10.2. The molecule has 1 saturated heterocycles. The lowest BCUT2D eigenvalue weighted by Crippen LogP contribution is -2.45. The monoisotopic (exact) mass is 465 g/mol. The second kappa shape index (κ2) is 9.44. The van der Waals surface area contributed by atoms with Gasteiger partial charge in [-0.05, 0) is 31.5 Å². The molecule has 0 aliphatic carbocycles. The molecule has 33 heavy (non-hydrogen) atoms. The van der Waals surface area contributed by atoms with Gasteiger partial charge in [-0.25, -0.2) is 4.98 Å². The molecule has 0 atom stereocenters. The van der Waals surface area contributed by atoms with Crippen LogP contribution >= 0.6 is 11.6 Å². The summed E-state index contributed by atoms with van der Waals surface area (Å²) < 4.78 is 1.61. The van der Waals surface area contributed by atoms with Gasteiger partial charge >= 0.3 is 0 Å². The van der Waals surface area contributed by atoms with E-state index in [1.165, 1.54) is 6.20 Å². The molecule has 1 amide bonds. The number of anilines is 4. The number of rotatable bonds is 5. The summed E-state index contributed by atoms with van der Waals surface area (Å²) in [6.45, 7) is 5.26. The molecule has 10 nitrogen and oxygen atoms in total. The number of likely N-dealkylation sites (N-methyl/N-ethyl adjacent to an activating group) is 1. The highest BCUT2D eigenvalue weighted by Crippen LogP contribution is 2.26. The van der Waals surface area contributed by atoms with Crippen molar-refractivity contribution in [1.29, 1.82) is 0 Å². The molecule has 3 aromatic rings. The number of halogens is 1. The van der Waals surface area contributed by atoms with Crippen molar-refractivity contribution >= 4 is 41.0 Å². The normalized spacial score (nSPS) is 14.1. The number of hydrogen-bond acceptors (Lipinski definition) is 8. The predicted octanol–water partition coefficient (Wildman–Crippen LogP) is 2.30. The number of imidazole rings is 1. The second-order valence-corrected chi connectivity index (χ2v) is 8.16. The van der Waals surface area contributed by atoms with Gasteiger partial charge in [-0.15, -0.1) is 6.42 Å².